The number of imide groups is 1. The molecule has 1 rings (SSSR count). The van der Waals surface area contributed by atoms with Crippen molar-refractivity contribution in [3.63, 3.8) is 0 Å². The van der Waals surface area contributed by atoms with Gasteiger partial charge in [-0.25, -0.2) is 4.79 Å². The molecule has 3 amide bonds. The quantitative estimate of drug-likeness (QED) is 0.676. The topological polar surface area (TPSA) is 74.8 Å². The summed E-state index contributed by atoms with van der Waals surface area (Å²) in [4.78, 5) is 23.7. The Kier molecular flexibility index (Phi) is 8.62. The van der Waals surface area contributed by atoms with E-state index in [2.05, 4.69) is 62.6 Å². The zero-order chi connectivity index (χ0) is 19.0. The Balaban J connectivity index is 2.61. The molecule has 5 heteroatoms. The van der Waals surface area contributed by atoms with E-state index in [1.807, 2.05) is 19.2 Å². The van der Waals surface area contributed by atoms with Crippen LogP contribution in [-0.2, 0) is 4.79 Å². The number of nitrogens with two attached hydrogens (primary N) is 1. The first kappa shape index (κ1) is 21.2. The number of rotatable bonds is 8. The van der Waals surface area contributed by atoms with Crippen LogP contribution in [0.25, 0.3) is 0 Å². The Morgan fingerprint density at radius 2 is 1.56 bits per heavy atom. The first-order valence-corrected chi connectivity index (χ1v) is 9.28. The standard InChI is InChI=1S/C20H33N3O2/c1-7-15(6)22-20(25)23-18(24)12-21-19(14(4)5)17-10-8-16(9-11-17)13(2)3/h8-11,13-15,19,21H,7,12H2,1-6H3,(H2,22,23,24,25)/p+1/t15-,19+/m1/s1. The Morgan fingerprint density at radius 1 is 1.00 bits per heavy atom. The Hall–Kier alpha value is -1.88. The van der Waals surface area contributed by atoms with Crippen LogP contribution >= 0.6 is 0 Å². The van der Waals surface area contributed by atoms with Gasteiger partial charge in [0.1, 0.15) is 6.04 Å². The van der Waals surface area contributed by atoms with Crippen molar-refractivity contribution >= 4 is 11.9 Å². The molecule has 4 N–H and O–H groups in total. The van der Waals surface area contributed by atoms with Gasteiger partial charge in [-0.1, -0.05) is 58.9 Å². The Bertz CT molecular complexity index is 553. The SMILES string of the molecule is CC[C@@H](C)NC(=O)NC(=O)C[NH2+][C@H](c1ccc(C(C)C)cc1)C(C)C. The number of nitrogens with one attached hydrogen (secondary N) is 2. The van der Waals surface area contributed by atoms with Gasteiger partial charge in [-0.3, -0.25) is 10.1 Å². The lowest BCUT2D eigenvalue weighted by atomic mass is 9.93. The first-order chi connectivity index (χ1) is 11.7. The van der Waals surface area contributed by atoms with Gasteiger partial charge in [0.05, 0.1) is 0 Å². The largest absolute Gasteiger partial charge is 0.335 e. The van der Waals surface area contributed by atoms with Crippen molar-refractivity contribution in [3.8, 4) is 0 Å². The van der Waals surface area contributed by atoms with Crippen LogP contribution < -0.4 is 16.0 Å². The third-order valence-corrected chi connectivity index (χ3v) is 4.51. The summed E-state index contributed by atoms with van der Waals surface area (Å²) in [6.45, 7) is 12.8. The summed E-state index contributed by atoms with van der Waals surface area (Å²) in [6, 6.07) is 8.42. The summed E-state index contributed by atoms with van der Waals surface area (Å²) in [5.41, 5.74) is 2.52. The van der Waals surface area contributed by atoms with Crippen LogP contribution in [0.2, 0.25) is 0 Å². The number of carbonyl (C=O) groups excluding carboxylic acids is 2. The molecule has 2 atom stereocenters. The fraction of sp³-hybridized carbons (Fsp3) is 0.600. The summed E-state index contributed by atoms with van der Waals surface area (Å²) >= 11 is 0. The van der Waals surface area contributed by atoms with E-state index in [1.165, 1.54) is 11.1 Å². The molecule has 1 aromatic carbocycles. The number of benzene rings is 1. The minimum absolute atomic E-state index is 0.0552. The lowest BCUT2D eigenvalue weighted by Crippen LogP contribution is -2.88. The zero-order valence-corrected chi connectivity index (χ0v) is 16.4. The number of amides is 3. The van der Waals surface area contributed by atoms with Crippen molar-refractivity contribution in [1.82, 2.24) is 10.6 Å². The maximum Gasteiger partial charge on any atom is 0.321 e. The second kappa shape index (κ2) is 10.2. The van der Waals surface area contributed by atoms with Gasteiger partial charge >= 0.3 is 6.03 Å². The van der Waals surface area contributed by atoms with E-state index >= 15 is 0 Å². The maximum absolute atomic E-state index is 12.0. The average molecular weight is 349 g/mol. The predicted octanol–water partition coefficient (Wildman–Crippen LogP) is 2.69. The summed E-state index contributed by atoms with van der Waals surface area (Å²) in [5, 5.41) is 7.13. The van der Waals surface area contributed by atoms with E-state index in [0.717, 1.165) is 6.42 Å². The minimum Gasteiger partial charge on any atom is -0.335 e. The van der Waals surface area contributed by atoms with Gasteiger partial charge in [-0.2, -0.15) is 0 Å². The third kappa shape index (κ3) is 7.26. The fourth-order valence-electron chi connectivity index (χ4n) is 2.67. The molecular weight excluding hydrogens is 314 g/mol. The fourth-order valence-corrected chi connectivity index (χ4v) is 2.67. The molecule has 0 aliphatic rings. The zero-order valence-electron chi connectivity index (χ0n) is 16.4. The van der Waals surface area contributed by atoms with Crippen molar-refractivity contribution < 1.29 is 14.9 Å². The van der Waals surface area contributed by atoms with E-state index in [0.29, 0.717) is 11.8 Å². The van der Waals surface area contributed by atoms with Crippen LogP contribution in [-0.4, -0.2) is 24.5 Å². The van der Waals surface area contributed by atoms with Crippen LogP contribution in [0.4, 0.5) is 4.79 Å². The molecule has 0 fully saturated rings. The number of carbonyl (C=O) groups is 2. The van der Waals surface area contributed by atoms with E-state index < -0.39 is 6.03 Å². The number of quaternary nitrogens is 1. The first-order valence-electron chi connectivity index (χ1n) is 9.28. The number of urea groups is 1. The minimum atomic E-state index is -0.421. The van der Waals surface area contributed by atoms with E-state index in [-0.39, 0.29) is 24.5 Å². The van der Waals surface area contributed by atoms with Crippen LogP contribution in [0.15, 0.2) is 24.3 Å². The van der Waals surface area contributed by atoms with Gasteiger partial charge in [0.25, 0.3) is 5.91 Å². The number of hydrogen-bond acceptors (Lipinski definition) is 2. The van der Waals surface area contributed by atoms with E-state index in [1.54, 1.807) is 0 Å². The average Bonchev–Trinajstić information content (AvgIpc) is 2.54. The monoisotopic (exact) mass is 348 g/mol. The summed E-state index contributed by atoms with van der Waals surface area (Å²) in [7, 11) is 0. The molecule has 1 aromatic rings. The van der Waals surface area contributed by atoms with Gasteiger partial charge in [0.2, 0.25) is 0 Å². The van der Waals surface area contributed by atoms with Crippen LogP contribution in [0.3, 0.4) is 0 Å². The third-order valence-electron chi connectivity index (χ3n) is 4.51. The number of hydrogen-bond donors (Lipinski definition) is 3. The molecule has 0 saturated carbocycles. The summed E-state index contributed by atoms with van der Waals surface area (Å²) in [5.74, 6) is 0.613. The molecule has 0 aliphatic carbocycles. The summed E-state index contributed by atoms with van der Waals surface area (Å²) < 4.78 is 0. The molecule has 0 radical (unpaired) electrons. The lowest BCUT2D eigenvalue weighted by Gasteiger charge is -2.20. The molecule has 0 aliphatic heterocycles. The molecule has 0 heterocycles. The Labute approximate surface area is 152 Å². The van der Waals surface area contributed by atoms with E-state index in [4.69, 9.17) is 0 Å². The summed E-state index contributed by atoms with van der Waals surface area (Å²) in [6.07, 6.45) is 0.829. The van der Waals surface area contributed by atoms with Gasteiger partial charge < -0.3 is 10.6 Å². The highest BCUT2D eigenvalue weighted by molar-refractivity contribution is 5.94. The molecule has 0 spiro atoms. The van der Waals surface area contributed by atoms with Crippen LogP contribution in [0, 0.1) is 5.92 Å². The second-order valence-electron chi connectivity index (χ2n) is 7.36. The molecule has 25 heavy (non-hydrogen) atoms. The van der Waals surface area contributed by atoms with Crippen molar-refractivity contribution in [2.45, 2.75) is 66.0 Å². The molecule has 0 bridgehead atoms. The van der Waals surface area contributed by atoms with Crippen molar-refractivity contribution in [2.75, 3.05) is 6.54 Å². The van der Waals surface area contributed by atoms with Crippen molar-refractivity contribution in [3.05, 3.63) is 35.4 Å². The lowest BCUT2D eigenvalue weighted by molar-refractivity contribution is -0.692. The normalized spacial score (nSPS) is 13.6. The van der Waals surface area contributed by atoms with Gasteiger partial charge in [-0.15, -0.1) is 0 Å². The van der Waals surface area contributed by atoms with E-state index in [9.17, 15) is 9.59 Å². The van der Waals surface area contributed by atoms with Crippen LogP contribution in [0.5, 0.6) is 0 Å². The molecule has 140 valence electrons. The van der Waals surface area contributed by atoms with Gasteiger partial charge in [-0.05, 0) is 24.8 Å². The molecule has 0 saturated heterocycles. The molecule has 5 nitrogen and oxygen atoms in total. The predicted molar refractivity (Wildman–Crippen MR) is 101 cm³/mol. The van der Waals surface area contributed by atoms with Crippen molar-refractivity contribution in [2.24, 2.45) is 5.92 Å². The van der Waals surface area contributed by atoms with Gasteiger partial charge in [0, 0.05) is 17.5 Å². The highest BCUT2D eigenvalue weighted by atomic mass is 16.2. The highest BCUT2D eigenvalue weighted by Gasteiger charge is 2.21. The van der Waals surface area contributed by atoms with Gasteiger partial charge in [0.15, 0.2) is 6.54 Å². The molecular formula is C20H34N3O2+. The van der Waals surface area contributed by atoms with Crippen LogP contribution in [0.1, 0.15) is 71.0 Å². The molecule has 0 aromatic heterocycles. The maximum atomic E-state index is 12.0. The highest BCUT2D eigenvalue weighted by Crippen LogP contribution is 2.21. The smallest absolute Gasteiger partial charge is 0.321 e. The Morgan fingerprint density at radius 3 is 2.04 bits per heavy atom. The molecule has 0 unspecified atom stereocenters. The van der Waals surface area contributed by atoms with Crippen molar-refractivity contribution in [1.29, 1.82) is 0 Å². The second-order valence-corrected chi connectivity index (χ2v) is 7.36.